The molecule has 0 radical (unpaired) electrons. The number of anilines is 1. The highest BCUT2D eigenvalue weighted by molar-refractivity contribution is 9.10. The summed E-state index contributed by atoms with van der Waals surface area (Å²) >= 11 is 3.48. The van der Waals surface area contributed by atoms with E-state index in [0.29, 0.717) is 6.04 Å². The molecule has 4 heteroatoms. The maximum Gasteiger partial charge on any atom is 0.0992 e. The molecule has 1 aromatic carbocycles. The zero-order chi connectivity index (χ0) is 13.1. The quantitative estimate of drug-likeness (QED) is 0.860. The van der Waals surface area contributed by atoms with E-state index >= 15 is 0 Å². The number of likely N-dealkylation sites (N-methyl/N-ethyl adjacent to an activating group) is 1. The molecule has 0 N–H and O–H groups in total. The van der Waals surface area contributed by atoms with E-state index < -0.39 is 0 Å². The standard InChI is InChI=1S/C14H18BrN3/c1-17(2)10-13-4-3-5-18(13)14-7-11(9-16)6-12(15)8-14/h6-8,13H,3-5,10H2,1-2H3. The molecule has 1 fully saturated rings. The fourth-order valence-electron chi connectivity index (χ4n) is 2.59. The minimum absolute atomic E-state index is 0.556. The van der Waals surface area contributed by atoms with Crippen molar-refractivity contribution in [2.75, 3.05) is 32.1 Å². The van der Waals surface area contributed by atoms with Gasteiger partial charge in [0, 0.05) is 29.3 Å². The van der Waals surface area contributed by atoms with Crippen LogP contribution >= 0.6 is 15.9 Å². The number of rotatable bonds is 3. The Hall–Kier alpha value is -1.05. The van der Waals surface area contributed by atoms with Crippen molar-refractivity contribution in [1.29, 1.82) is 5.26 Å². The fraction of sp³-hybridized carbons (Fsp3) is 0.500. The lowest BCUT2D eigenvalue weighted by atomic mass is 10.1. The molecule has 0 aromatic heterocycles. The van der Waals surface area contributed by atoms with Crippen LogP contribution in [0.1, 0.15) is 18.4 Å². The Bertz CT molecular complexity index is 465. The number of nitriles is 1. The Kier molecular flexibility index (Phi) is 4.26. The van der Waals surface area contributed by atoms with Crippen LogP contribution in [0.3, 0.4) is 0 Å². The van der Waals surface area contributed by atoms with Crippen molar-refractivity contribution in [3.63, 3.8) is 0 Å². The van der Waals surface area contributed by atoms with Gasteiger partial charge in [-0.05, 0) is 45.1 Å². The smallest absolute Gasteiger partial charge is 0.0992 e. The molecule has 1 aromatic rings. The zero-order valence-electron chi connectivity index (χ0n) is 10.9. The second-order valence-corrected chi connectivity index (χ2v) is 5.98. The van der Waals surface area contributed by atoms with Gasteiger partial charge in [0.2, 0.25) is 0 Å². The molecule has 1 atom stereocenters. The van der Waals surface area contributed by atoms with Crippen LogP contribution in [-0.2, 0) is 0 Å². The minimum atomic E-state index is 0.556. The van der Waals surface area contributed by atoms with Crippen molar-refractivity contribution in [1.82, 2.24) is 4.90 Å². The van der Waals surface area contributed by atoms with Crippen LogP contribution in [0, 0.1) is 11.3 Å². The van der Waals surface area contributed by atoms with E-state index in [1.54, 1.807) is 0 Å². The zero-order valence-corrected chi connectivity index (χ0v) is 12.4. The first-order valence-corrected chi connectivity index (χ1v) is 7.01. The SMILES string of the molecule is CN(C)CC1CCCN1c1cc(Br)cc(C#N)c1. The highest BCUT2D eigenvalue weighted by atomic mass is 79.9. The van der Waals surface area contributed by atoms with E-state index in [1.807, 2.05) is 12.1 Å². The van der Waals surface area contributed by atoms with Gasteiger partial charge >= 0.3 is 0 Å². The molecule has 0 aliphatic carbocycles. The van der Waals surface area contributed by atoms with Gasteiger partial charge in [0.15, 0.2) is 0 Å². The molecule has 0 amide bonds. The number of nitrogens with zero attached hydrogens (tertiary/aromatic N) is 3. The van der Waals surface area contributed by atoms with E-state index in [9.17, 15) is 0 Å². The molecule has 1 unspecified atom stereocenters. The van der Waals surface area contributed by atoms with Crippen molar-refractivity contribution in [2.45, 2.75) is 18.9 Å². The Morgan fingerprint density at radius 1 is 1.44 bits per heavy atom. The third kappa shape index (κ3) is 3.04. The maximum absolute atomic E-state index is 9.04. The highest BCUT2D eigenvalue weighted by Gasteiger charge is 2.25. The van der Waals surface area contributed by atoms with Gasteiger partial charge in [0.05, 0.1) is 11.6 Å². The van der Waals surface area contributed by atoms with Gasteiger partial charge in [-0.25, -0.2) is 0 Å². The van der Waals surface area contributed by atoms with Crippen molar-refractivity contribution in [2.24, 2.45) is 0 Å². The molecule has 1 aliphatic heterocycles. The van der Waals surface area contributed by atoms with E-state index in [2.05, 4.69) is 52.0 Å². The summed E-state index contributed by atoms with van der Waals surface area (Å²) in [5.41, 5.74) is 1.88. The molecule has 1 saturated heterocycles. The van der Waals surface area contributed by atoms with Gasteiger partial charge < -0.3 is 9.80 Å². The van der Waals surface area contributed by atoms with Crippen LogP contribution in [0.5, 0.6) is 0 Å². The van der Waals surface area contributed by atoms with Gasteiger partial charge in [0.25, 0.3) is 0 Å². The van der Waals surface area contributed by atoms with Crippen molar-refractivity contribution in [3.05, 3.63) is 28.2 Å². The summed E-state index contributed by atoms with van der Waals surface area (Å²) in [6.45, 7) is 2.15. The predicted octanol–water partition coefficient (Wildman–Crippen LogP) is 2.85. The number of halogens is 1. The minimum Gasteiger partial charge on any atom is -0.367 e. The lowest BCUT2D eigenvalue weighted by molar-refractivity contribution is 0.372. The molecular weight excluding hydrogens is 290 g/mol. The molecule has 0 saturated carbocycles. The number of hydrogen-bond acceptors (Lipinski definition) is 3. The van der Waals surface area contributed by atoms with Gasteiger partial charge in [-0.1, -0.05) is 15.9 Å². The predicted molar refractivity (Wildman–Crippen MR) is 77.8 cm³/mol. The van der Waals surface area contributed by atoms with Gasteiger partial charge in [-0.2, -0.15) is 5.26 Å². The van der Waals surface area contributed by atoms with Crippen molar-refractivity contribution in [3.8, 4) is 6.07 Å². The second kappa shape index (κ2) is 5.73. The third-order valence-electron chi connectivity index (χ3n) is 3.30. The van der Waals surface area contributed by atoms with E-state index in [4.69, 9.17) is 5.26 Å². The third-order valence-corrected chi connectivity index (χ3v) is 3.75. The summed E-state index contributed by atoms with van der Waals surface area (Å²) in [6.07, 6.45) is 2.46. The summed E-state index contributed by atoms with van der Waals surface area (Å²) in [5.74, 6) is 0. The van der Waals surface area contributed by atoms with Crippen LogP contribution in [0.2, 0.25) is 0 Å². The summed E-state index contributed by atoms with van der Waals surface area (Å²) in [7, 11) is 4.22. The first-order valence-electron chi connectivity index (χ1n) is 6.22. The van der Waals surface area contributed by atoms with Gasteiger partial charge in [-0.15, -0.1) is 0 Å². The topological polar surface area (TPSA) is 30.3 Å². The number of benzene rings is 1. The molecule has 1 heterocycles. The monoisotopic (exact) mass is 307 g/mol. The van der Waals surface area contributed by atoms with Crippen LogP contribution in [-0.4, -0.2) is 38.1 Å². The molecule has 18 heavy (non-hydrogen) atoms. The van der Waals surface area contributed by atoms with Crippen LogP contribution in [0.15, 0.2) is 22.7 Å². The number of hydrogen-bond donors (Lipinski definition) is 0. The van der Waals surface area contributed by atoms with Crippen molar-refractivity contribution >= 4 is 21.6 Å². The van der Waals surface area contributed by atoms with E-state index in [-0.39, 0.29) is 0 Å². The lowest BCUT2D eigenvalue weighted by Gasteiger charge is -2.29. The first kappa shape index (κ1) is 13.4. The average Bonchev–Trinajstić information content (AvgIpc) is 2.75. The summed E-state index contributed by atoms with van der Waals surface area (Å²) in [4.78, 5) is 4.65. The average molecular weight is 308 g/mol. The summed E-state index contributed by atoms with van der Waals surface area (Å²) in [6, 6.07) is 8.73. The highest BCUT2D eigenvalue weighted by Crippen LogP contribution is 2.29. The summed E-state index contributed by atoms with van der Waals surface area (Å²) in [5, 5.41) is 9.04. The van der Waals surface area contributed by atoms with E-state index in [1.165, 1.54) is 12.8 Å². The molecule has 1 aliphatic rings. The van der Waals surface area contributed by atoms with Gasteiger partial charge in [0.1, 0.15) is 0 Å². The van der Waals surface area contributed by atoms with Crippen LogP contribution in [0.4, 0.5) is 5.69 Å². The van der Waals surface area contributed by atoms with E-state index in [0.717, 1.165) is 28.8 Å². The Balaban J connectivity index is 2.24. The molecule has 2 rings (SSSR count). The first-order chi connectivity index (χ1) is 8.60. The maximum atomic E-state index is 9.04. The lowest BCUT2D eigenvalue weighted by Crippen LogP contribution is -2.37. The Labute approximate surface area is 117 Å². The molecular formula is C14H18BrN3. The fourth-order valence-corrected chi connectivity index (χ4v) is 3.07. The Morgan fingerprint density at radius 2 is 2.22 bits per heavy atom. The van der Waals surface area contributed by atoms with Gasteiger partial charge in [-0.3, -0.25) is 0 Å². The summed E-state index contributed by atoms with van der Waals surface area (Å²) < 4.78 is 0.979. The largest absolute Gasteiger partial charge is 0.367 e. The van der Waals surface area contributed by atoms with Crippen LogP contribution < -0.4 is 4.90 Å². The second-order valence-electron chi connectivity index (χ2n) is 5.06. The molecule has 0 spiro atoms. The molecule has 0 bridgehead atoms. The Morgan fingerprint density at radius 3 is 2.89 bits per heavy atom. The molecule has 3 nitrogen and oxygen atoms in total. The van der Waals surface area contributed by atoms with Crippen molar-refractivity contribution < 1.29 is 0 Å². The molecule has 96 valence electrons. The normalized spacial score (nSPS) is 19.3. The van der Waals surface area contributed by atoms with Crippen LogP contribution in [0.25, 0.3) is 0 Å².